The minimum Gasteiger partial charge on any atom is -0.377 e. The first-order valence-electron chi connectivity index (χ1n) is 4.19. The smallest absolute Gasteiger partial charge is 0.153 e. The molecule has 1 aromatic rings. The molecule has 1 nitrogen and oxygen atoms in total. The lowest BCUT2D eigenvalue weighted by molar-refractivity contribution is 0.112. The Balaban J connectivity index is 2.13. The van der Waals surface area contributed by atoms with Gasteiger partial charge in [-0.25, -0.2) is 4.39 Å². The summed E-state index contributed by atoms with van der Waals surface area (Å²) in [5, 5.41) is 0. The van der Waals surface area contributed by atoms with E-state index in [0.717, 1.165) is 5.56 Å². The van der Waals surface area contributed by atoms with Gasteiger partial charge in [0.05, 0.1) is 13.2 Å². The Bertz CT molecular complexity index is 226. The van der Waals surface area contributed by atoms with E-state index in [1.807, 2.05) is 30.3 Å². The largest absolute Gasteiger partial charge is 0.377 e. The molecule has 0 saturated carbocycles. The first-order valence-corrected chi connectivity index (χ1v) is 5.43. The van der Waals surface area contributed by atoms with Crippen LogP contribution in [0, 0.1) is 0 Å². The number of ether oxygens (including phenoxy) is 1. The molecule has 0 unspecified atom stereocenters. The van der Waals surface area contributed by atoms with E-state index in [4.69, 9.17) is 4.74 Å². The van der Waals surface area contributed by atoms with Gasteiger partial charge >= 0.3 is 0 Å². The number of alkyl halides is 2. The van der Waals surface area contributed by atoms with Crippen molar-refractivity contribution in [3.8, 4) is 0 Å². The molecule has 0 saturated heterocycles. The van der Waals surface area contributed by atoms with Crippen LogP contribution in [-0.4, -0.2) is 10.8 Å². The monoisotopic (exact) mass is 294 g/mol. The van der Waals surface area contributed by atoms with Crippen molar-refractivity contribution in [2.24, 2.45) is 0 Å². The maximum absolute atomic E-state index is 12.3. The van der Waals surface area contributed by atoms with Crippen molar-refractivity contribution in [1.29, 1.82) is 0 Å². The molecule has 0 bridgehead atoms. The third kappa shape index (κ3) is 5.21. The van der Waals surface area contributed by atoms with Gasteiger partial charge in [0.15, 0.2) is 4.18 Å². The number of hydrogen-bond donors (Lipinski definition) is 0. The third-order valence-corrected chi connectivity index (χ3v) is 2.21. The number of halogens is 2. The fourth-order valence-corrected chi connectivity index (χ4v) is 1.19. The van der Waals surface area contributed by atoms with E-state index in [2.05, 4.69) is 0 Å². The van der Waals surface area contributed by atoms with E-state index in [0.29, 0.717) is 19.6 Å². The lowest BCUT2D eigenvalue weighted by Crippen LogP contribution is -1.99. The first kappa shape index (κ1) is 10.9. The summed E-state index contributed by atoms with van der Waals surface area (Å²) in [6.45, 7) is 1.06. The van der Waals surface area contributed by atoms with Crippen molar-refractivity contribution in [2.45, 2.75) is 17.2 Å². The first-order chi connectivity index (χ1) is 6.29. The zero-order valence-corrected chi connectivity index (χ0v) is 9.41. The molecule has 3 heteroatoms. The van der Waals surface area contributed by atoms with Crippen LogP contribution in [0.4, 0.5) is 4.39 Å². The fourth-order valence-electron chi connectivity index (χ4n) is 0.937. The molecule has 0 radical (unpaired) electrons. The molecule has 0 amide bonds. The number of hydrogen-bond acceptors (Lipinski definition) is 1. The van der Waals surface area contributed by atoms with E-state index in [1.165, 1.54) is 0 Å². The van der Waals surface area contributed by atoms with Crippen LogP contribution in [0.2, 0.25) is 0 Å². The summed E-state index contributed by atoms with van der Waals surface area (Å²) >= 11 is 1.75. The summed E-state index contributed by atoms with van der Waals surface area (Å²) in [7, 11) is 0. The molecule has 0 heterocycles. The van der Waals surface area contributed by atoms with Crippen LogP contribution in [0.5, 0.6) is 0 Å². The van der Waals surface area contributed by atoms with Gasteiger partial charge in [0.25, 0.3) is 0 Å². The van der Waals surface area contributed by atoms with Crippen molar-refractivity contribution >= 4 is 22.6 Å². The highest BCUT2D eigenvalue weighted by molar-refractivity contribution is 14.1. The van der Waals surface area contributed by atoms with Crippen molar-refractivity contribution in [3.05, 3.63) is 35.9 Å². The van der Waals surface area contributed by atoms with Crippen molar-refractivity contribution in [1.82, 2.24) is 0 Å². The van der Waals surface area contributed by atoms with Gasteiger partial charge < -0.3 is 4.74 Å². The van der Waals surface area contributed by atoms with Gasteiger partial charge in [-0.15, -0.1) is 0 Å². The van der Waals surface area contributed by atoms with E-state index in [9.17, 15) is 4.39 Å². The van der Waals surface area contributed by atoms with Gasteiger partial charge in [0.2, 0.25) is 0 Å². The minimum atomic E-state index is -0.798. The van der Waals surface area contributed by atoms with E-state index in [-0.39, 0.29) is 0 Å². The molecule has 0 aliphatic carbocycles. The van der Waals surface area contributed by atoms with Gasteiger partial charge in [-0.05, 0) is 28.2 Å². The van der Waals surface area contributed by atoms with Crippen LogP contribution in [0.25, 0.3) is 0 Å². The molecule has 0 fully saturated rings. The SMILES string of the molecule is F[C@H](I)CCOCc1ccccc1. The molecular weight excluding hydrogens is 282 g/mol. The van der Waals surface area contributed by atoms with Crippen molar-refractivity contribution < 1.29 is 9.13 Å². The van der Waals surface area contributed by atoms with Crippen LogP contribution >= 0.6 is 22.6 Å². The van der Waals surface area contributed by atoms with Gasteiger partial charge in [0, 0.05) is 6.42 Å². The highest BCUT2D eigenvalue weighted by atomic mass is 127. The molecule has 0 aromatic heterocycles. The second-order valence-electron chi connectivity index (χ2n) is 2.72. The highest BCUT2D eigenvalue weighted by Crippen LogP contribution is 2.07. The standard InChI is InChI=1S/C10H12FIO/c11-10(12)6-7-13-8-9-4-2-1-3-5-9/h1-5,10H,6-8H2/t10-/m1/s1. The maximum Gasteiger partial charge on any atom is 0.153 e. The molecule has 0 spiro atoms. The van der Waals surface area contributed by atoms with Crippen molar-refractivity contribution in [2.75, 3.05) is 6.61 Å². The Hall–Kier alpha value is -0.160. The van der Waals surface area contributed by atoms with Crippen LogP contribution in [-0.2, 0) is 11.3 Å². The molecule has 72 valence electrons. The predicted octanol–water partition coefficient (Wildman–Crippen LogP) is 3.32. The quantitative estimate of drug-likeness (QED) is 0.460. The summed E-state index contributed by atoms with van der Waals surface area (Å²) in [5.74, 6) is 0. The average Bonchev–Trinajstić information content (AvgIpc) is 2.14. The van der Waals surface area contributed by atoms with Crippen LogP contribution in [0.3, 0.4) is 0 Å². The molecule has 0 N–H and O–H groups in total. The molecule has 1 aromatic carbocycles. The fraction of sp³-hybridized carbons (Fsp3) is 0.400. The van der Waals surface area contributed by atoms with Gasteiger partial charge in [0.1, 0.15) is 0 Å². The second kappa shape index (κ2) is 6.32. The topological polar surface area (TPSA) is 9.23 Å². The van der Waals surface area contributed by atoms with Crippen LogP contribution in [0.15, 0.2) is 30.3 Å². The Labute approximate surface area is 91.4 Å². The number of rotatable bonds is 5. The Morgan fingerprint density at radius 1 is 1.31 bits per heavy atom. The van der Waals surface area contributed by atoms with E-state index in [1.54, 1.807) is 22.6 Å². The lowest BCUT2D eigenvalue weighted by Gasteiger charge is -2.03. The summed E-state index contributed by atoms with van der Waals surface area (Å²) in [5.41, 5.74) is 1.13. The molecule has 1 rings (SSSR count). The lowest BCUT2D eigenvalue weighted by atomic mass is 10.2. The van der Waals surface area contributed by atoms with Crippen LogP contribution < -0.4 is 0 Å². The maximum atomic E-state index is 12.3. The Morgan fingerprint density at radius 3 is 2.62 bits per heavy atom. The third-order valence-electron chi connectivity index (χ3n) is 1.59. The zero-order valence-electron chi connectivity index (χ0n) is 7.25. The van der Waals surface area contributed by atoms with Gasteiger partial charge in [-0.3, -0.25) is 0 Å². The molecule has 0 aliphatic heterocycles. The minimum absolute atomic E-state index is 0.466. The normalized spacial score (nSPS) is 12.8. The summed E-state index contributed by atoms with van der Waals surface area (Å²) < 4.78 is 16.8. The average molecular weight is 294 g/mol. The van der Waals surface area contributed by atoms with E-state index < -0.39 is 4.18 Å². The highest BCUT2D eigenvalue weighted by Gasteiger charge is 1.98. The number of benzene rings is 1. The zero-order chi connectivity index (χ0) is 9.52. The summed E-state index contributed by atoms with van der Waals surface area (Å²) in [6, 6.07) is 9.89. The predicted molar refractivity (Wildman–Crippen MR) is 59.6 cm³/mol. The van der Waals surface area contributed by atoms with Crippen molar-refractivity contribution in [3.63, 3.8) is 0 Å². The summed E-state index contributed by atoms with van der Waals surface area (Å²) in [4.78, 5) is 0. The molecular formula is C10H12FIO. The molecule has 1 atom stereocenters. The van der Waals surface area contributed by atoms with Crippen LogP contribution in [0.1, 0.15) is 12.0 Å². The van der Waals surface area contributed by atoms with Gasteiger partial charge in [-0.1, -0.05) is 30.3 Å². The Kier molecular flexibility index (Phi) is 5.31. The Morgan fingerprint density at radius 2 is 2.00 bits per heavy atom. The summed E-state index contributed by atoms with van der Waals surface area (Å²) in [6.07, 6.45) is 0.466. The van der Waals surface area contributed by atoms with E-state index >= 15 is 0 Å². The molecule has 0 aliphatic rings. The second-order valence-corrected chi connectivity index (χ2v) is 4.07. The molecule has 13 heavy (non-hydrogen) atoms. The van der Waals surface area contributed by atoms with Gasteiger partial charge in [-0.2, -0.15) is 0 Å².